The van der Waals surface area contributed by atoms with Gasteiger partial charge in [-0.1, -0.05) is 6.92 Å². The summed E-state index contributed by atoms with van der Waals surface area (Å²) >= 11 is 0. The number of rotatable bonds is 7. The number of anilines is 2. The van der Waals surface area contributed by atoms with Crippen LogP contribution in [0.15, 0.2) is 12.1 Å². The van der Waals surface area contributed by atoms with Crippen LogP contribution in [-0.2, 0) is 11.2 Å². The van der Waals surface area contributed by atoms with E-state index in [1.165, 1.54) is 12.8 Å². The Morgan fingerprint density at radius 3 is 2.61 bits per heavy atom. The average molecular weight is 383 g/mol. The summed E-state index contributed by atoms with van der Waals surface area (Å²) in [7, 11) is 0. The third-order valence-corrected chi connectivity index (χ3v) is 5.63. The van der Waals surface area contributed by atoms with E-state index in [0.717, 1.165) is 67.6 Å². The Bertz CT molecular complexity index is 820. The predicted octanol–water partition coefficient (Wildman–Crippen LogP) is 3.71. The van der Waals surface area contributed by atoms with E-state index < -0.39 is 0 Å². The number of piperidine rings is 1. The van der Waals surface area contributed by atoms with E-state index in [1.807, 2.05) is 17.9 Å². The molecule has 0 aromatic carbocycles. The van der Waals surface area contributed by atoms with E-state index in [0.29, 0.717) is 24.2 Å². The zero-order valence-corrected chi connectivity index (χ0v) is 16.9. The molecule has 2 N–H and O–H groups in total. The zero-order chi connectivity index (χ0) is 19.5. The number of likely N-dealkylation sites (tertiary alicyclic amines) is 1. The van der Waals surface area contributed by atoms with Gasteiger partial charge in [0.05, 0.1) is 0 Å². The molecule has 2 aliphatic rings. The normalized spacial score (nSPS) is 17.7. The standard InChI is InChI=1S/C21H30N6O/c1-3-4-20(28)27-9-7-15(8-10-27)12-17-13-18(23-19-11-14(2)25-26-19)24-21(22-17)16-5-6-16/h11,13,15-16H,3-10,12H2,1-2H3,(H2,22,23,24,25,26). The molecule has 7 nitrogen and oxygen atoms in total. The van der Waals surface area contributed by atoms with Crippen molar-refractivity contribution in [1.82, 2.24) is 25.1 Å². The number of nitrogens with zero attached hydrogens (tertiary/aromatic N) is 4. The van der Waals surface area contributed by atoms with Crippen molar-refractivity contribution in [1.29, 1.82) is 0 Å². The van der Waals surface area contributed by atoms with E-state index in [4.69, 9.17) is 9.97 Å². The molecule has 28 heavy (non-hydrogen) atoms. The quantitative estimate of drug-likeness (QED) is 0.762. The highest BCUT2D eigenvalue weighted by atomic mass is 16.2. The van der Waals surface area contributed by atoms with Gasteiger partial charge in [-0.15, -0.1) is 0 Å². The Hall–Kier alpha value is -2.44. The van der Waals surface area contributed by atoms with Gasteiger partial charge in [-0.25, -0.2) is 9.97 Å². The highest BCUT2D eigenvalue weighted by molar-refractivity contribution is 5.76. The molecule has 0 spiro atoms. The largest absolute Gasteiger partial charge is 0.343 e. The van der Waals surface area contributed by atoms with Gasteiger partial charge in [-0.05, 0) is 51.4 Å². The lowest BCUT2D eigenvalue weighted by Crippen LogP contribution is -2.38. The molecule has 150 valence electrons. The molecule has 1 saturated heterocycles. The SMILES string of the molecule is CCCC(=O)N1CCC(Cc2cc(Nc3cc(C)[nH]n3)nc(C3CC3)n2)CC1. The van der Waals surface area contributed by atoms with Gasteiger partial charge < -0.3 is 10.2 Å². The van der Waals surface area contributed by atoms with Crippen molar-refractivity contribution in [2.75, 3.05) is 18.4 Å². The maximum absolute atomic E-state index is 12.1. The van der Waals surface area contributed by atoms with Gasteiger partial charge >= 0.3 is 0 Å². The second kappa shape index (κ2) is 8.29. The number of hydrogen-bond donors (Lipinski definition) is 2. The predicted molar refractivity (Wildman–Crippen MR) is 109 cm³/mol. The minimum atomic E-state index is 0.305. The zero-order valence-electron chi connectivity index (χ0n) is 16.9. The molecule has 2 aromatic rings. The molecule has 0 radical (unpaired) electrons. The summed E-state index contributed by atoms with van der Waals surface area (Å²) in [6, 6.07) is 4.03. The fraction of sp³-hybridized carbons (Fsp3) is 0.619. The summed E-state index contributed by atoms with van der Waals surface area (Å²) in [5, 5.41) is 10.5. The molecule has 4 rings (SSSR count). The molecule has 1 amide bonds. The first-order valence-corrected chi connectivity index (χ1v) is 10.6. The highest BCUT2D eigenvalue weighted by Gasteiger charge is 2.28. The summed E-state index contributed by atoms with van der Waals surface area (Å²) in [6.45, 7) is 5.80. The minimum Gasteiger partial charge on any atom is -0.343 e. The van der Waals surface area contributed by atoms with Crippen molar-refractivity contribution in [3.8, 4) is 0 Å². The first kappa shape index (κ1) is 18.9. The molecule has 1 aliphatic carbocycles. The molecule has 1 aliphatic heterocycles. The molecule has 2 fully saturated rings. The van der Waals surface area contributed by atoms with Gasteiger partial charge in [-0.3, -0.25) is 9.89 Å². The van der Waals surface area contributed by atoms with E-state index in [-0.39, 0.29) is 0 Å². The number of carbonyl (C=O) groups excluding carboxylic acids is 1. The third-order valence-electron chi connectivity index (χ3n) is 5.63. The van der Waals surface area contributed by atoms with Gasteiger partial charge in [-0.2, -0.15) is 5.10 Å². The number of aryl methyl sites for hydroxylation is 1. The van der Waals surface area contributed by atoms with Crippen LogP contribution in [0.3, 0.4) is 0 Å². The number of aromatic amines is 1. The fourth-order valence-corrected chi connectivity index (χ4v) is 3.88. The van der Waals surface area contributed by atoms with Gasteiger partial charge in [0.25, 0.3) is 0 Å². The third kappa shape index (κ3) is 4.69. The van der Waals surface area contributed by atoms with Crippen molar-refractivity contribution in [2.45, 2.75) is 64.7 Å². The van der Waals surface area contributed by atoms with Crippen molar-refractivity contribution in [3.05, 3.63) is 29.3 Å². The van der Waals surface area contributed by atoms with Crippen LogP contribution in [-0.4, -0.2) is 44.1 Å². The van der Waals surface area contributed by atoms with E-state index in [9.17, 15) is 4.79 Å². The summed E-state index contributed by atoms with van der Waals surface area (Å²) in [4.78, 5) is 23.7. The van der Waals surface area contributed by atoms with Gasteiger partial charge in [0.1, 0.15) is 11.6 Å². The molecule has 0 bridgehead atoms. The topological polar surface area (TPSA) is 86.8 Å². The molecule has 0 unspecified atom stereocenters. The van der Waals surface area contributed by atoms with Crippen LogP contribution in [0.5, 0.6) is 0 Å². The second-order valence-corrected chi connectivity index (χ2v) is 8.22. The number of carbonyl (C=O) groups is 1. The number of nitrogens with one attached hydrogen (secondary N) is 2. The second-order valence-electron chi connectivity index (χ2n) is 8.22. The van der Waals surface area contributed by atoms with Gasteiger partial charge in [0.2, 0.25) is 5.91 Å². The lowest BCUT2D eigenvalue weighted by molar-refractivity contribution is -0.132. The van der Waals surface area contributed by atoms with Crippen LogP contribution < -0.4 is 5.32 Å². The van der Waals surface area contributed by atoms with Crippen molar-refractivity contribution in [2.24, 2.45) is 5.92 Å². The summed E-state index contributed by atoms with van der Waals surface area (Å²) < 4.78 is 0. The Morgan fingerprint density at radius 2 is 1.96 bits per heavy atom. The number of H-pyrrole nitrogens is 1. The molecule has 2 aromatic heterocycles. The van der Waals surface area contributed by atoms with Crippen LogP contribution in [0.1, 0.15) is 68.6 Å². The van der Waals surface area contributed by atoms with Crippen LogP contribution in [0.25, 0.3) is 0 Å². The summed E-state index contributed by atoms with van der Waals surface area (Å²) in [6.07, 6.45) is 7.02. The van der Waals surface area contributed by atoms with Crippen LogP contribution in [0, 0.1) is 12.8 Å². The Kier molecular flexibility index (Phi) is 5.59. The smallest absolute Gasteiger partial charge is 0.222 e. The molecule has 1 saturated carbocycles. The first-order valence-electron chi connectivity index (χ1n) is 10.6. The lowest BCUT2D eigenvalue weighted by Gasteiger charge is -2.32. The van der Waals surface area contributed by atoms with Crippen molar-refractivity contribution < 1.29 is 4.79 Å². The maximum atomic E-state index is 12.1. The van der Waals surface area contributed by atoms with Crippen LogP contribution in [0.4, 0.5) is 11.6 Å². The summed E-state index contributed by atoms with van der Waals surface area (Å²) in [5.74, 6) is 3.96. The Morgan fingerprint density at radius 1 is 1.18 bits per heavy atom. The van der Waals surface area contributed by atoms with E-state index >= 15 is 0 Å². The van der Waals surface area contributed by atoms with Crippen molar-refractivity contribution in [3.63, 3.8) is 0 Å². The monoisotopic (exact) mass is 382 g/mol. The van der Waals surface area contributed by atoms with Gasteiger partial charge in [0.15, 0.2) is 5.82 Å². The fourth-order valence-electron chi connectivity index (χ4n) is 3.88. The molecular weight excluding hydrogens is 352 g/mol. The van der Waals surface area contributed by atoms with Gasteiger partial charge in [0, 0.05) is 48.9 Å². The molecular formula is C21H30N6O. The Balaban J connectivity index is 1.42. The minimum absolute atomic E-state index is 0.305. The first-order chi connectivity index (χ1) is 13.6. The lowest BCUT2D eigenvalue weighted by atomic mass is 9.92. The Labute approximate surface area is 166 Å². The van der Waals surface area contributed by atoms with E-state index in [2.05, 4.69) is 28.5 Å². The molecule has 0 atom stereocenters. The molecule has 7 heteroatoms. The molecule has 3 heterocycles. The van der Waals surface area contributed by atoms with E-state index in [1.54, 1.807) is 0 Å². The maximum Gasteiger partial charge on any atom is 0.222 e. The van der Waals surface area contributed by atoms with Crippen LogP contribution in [0.2, 0.25) is 0 Å². The highest BCUT2D eigenvalue weighted by Crippen LogP contribution is 2.39. The average Bonchev–Trinajstić information content (AvgIpc) is 3.45. The van der Waals surface area contributed by atoms with Crippen LogP contribution >= 0.6 is 0 Å². The number of amides is 1. The number of aromatic nitrogens is 4. The summed E-state index contributed by atoms with van der Waals surface area (Å²) in [5.41, 5.74) is 2.12. The number of hydrogen-bond acceptors (Lipinski definition) is 5. The van der Waals surface area contributed by atoms with Crippen molar-refractivity contribution >= 4 is 17.5 Å².